The Balaban J connectivity index is 2.05. The molecule has 1 aliphatic heterocycles. The van der Waals surface area contributed by atoms with Crippen molar-refractivity contribution in [2.75, 3.05) is 6.54 Å². The Hall–Kier alpha value is -2.38. The van der Waals surface area contributed by atoms with E-state index >= 15 is 0 Å². The monoisotopic (exact) mass is 295 g/mol. The Morgan fingerprint density at radius 1 is 1.38 bits per heavy atom. The van der Waals surface area contributed by atoms with Gasteiger partial charge in [0.05, 0.1) is 12.3 Å². The summed E-state index contributed by atoms with van der Waals surface area (Å²) in [6.07, 6.45) is 0.742. The van der Waals surface area contributed by atoms with Crippen LogP contribution in [0.5, 0.6) is 0 Å². The number of hydrogen-bond donors (Lipinski definition) is 3. The highest BCUT2D eigenvalue weighted by Gasteiger charge is 2.32. The summed E-state index contributed by atoms with van der Waals surface area (Å²) < 4.78 is 0. The summed E-state index contributed by atoms with van der Waals surface area (Å²) >= 11 is 0. The quantitative estimate of drug-likeness (QED) is 0.681. The number of carbonyl (C=O) groups excluding carboxylic acids is 1. The molecule has 8 nitrogen and oxygen atoms in total. The standard InChI is InChI=1S/C13H17N3O5/c1-7-4-8(12(19)20)2-3-16(7)11(18)6-9-5-10(17)15-13(21)14-9/h5,7-8H,2-4,6H2,1H3,(H,19,20)(H2,14,15,17,21). The van der Waals surface area contributed by atoms with Gasteiger partial charge in [-0.15, -0.1) is 0 Å². The smallest absolute Gasteiger partial charge is 0.325 e. The number of nitrogens with one attached hydrogen (secondary N) is 2. The number of aliphatic carboxylic acids is 1. The first-order valence-corrected chi connectivity index (χ1v) is 6.71. The highest BCUT2D eigenvalue weighted by Crippen LogP contribution is 2.23. The minimum Gasteiger partial charge on any atom is -0.481 e. The zero-order chi connectivity index (χ0) is 15.6. The number of hydrogen-bond acceptors (Lipinski definition) is 4. The lowest BCUT2D eigenvalue weighted by Crippen LogP contribution is -2.46. The molecule has 1 aromatic heterocycles. The number of nitrogens with zero attached hydrogens (tertiary/aromatic N) is 1. The molecule has 114 valence electrons. The van der Waals surface area contributed by atoms with E-state index in [-0.39, 0.29) is 24.1 Å². The number of aromatic nitrogens is 2. The Morgan fingerprint density at radius 3 is 2.67 bits per heavy atom. The van der Waals surface area contributed by atoms with Crippen LogP contribution in [0.1, 0.15) is 25.5 Å². The lowest BCUT2D eigenvalue weighted by molar-refractivity contribution is -0.147. The zero-order valence-corrected chi connectivity index (χ0v) is 11.6. The summed E-state index contributed by atoms with van der Waals surface area (Å²) in [4.78, 5) is 51.6. The van der Waals surface area contributed by atoms with Gasteiger partial charge in [-0.3, -0.25) is 19.4 Å². The maximum atomic E-state index is 12.2. The second-order valence-corrected chi connectivity index (χ2v) is 5.29. The number of likely N-dealkylation sites (tertiary alicyclic amines) is 1. The van der Waals surface area contributed by atoms with Crippen LogP contribution in [0.3, 0.4) is 0 Å². The van der Waals surface area contributed by atoms with Gasteiger partial charge in [0.1, 0.15) is 0 Å². The van der Waals surface area contributed by atoms with Gasteiger partial charge >= 0.3 is 11.7 Å². The zero-order valence-electron chi connectivity index (χ0n) is 11.6. The van der Waals surface area contributed by atoms with Gasteiger partial charge in [-0.2, -0.15) is 0 Å². The van der Waals surface area contributed by atoms with Crippen molar-refractivity contribution in [3.8, 4) is 0 Å². The molecule has 2 heterocycles. The molecule has 1 saturated heterocycles. The van der Waals surface area contributed by atoms with Crippen LogP contribution >= 0.6 is 0 Å². The molecule has 21 heavy (non-hydrogen) atoms. The van der Waals surface area contributed by atoms with Gasteiger partial charge in [0.25, 0.3) is 5.56 Å². The highest BCUT2D eigenvalue weighted by molar-refractivity contribution is 5.79. The number of carboxylic acid groups (broad SMARTS) is 1. The van der Waals surface area contributed by atoms with E-state index in [1.54, 1.807) is 11.8 Å². The van der Waals surface area contributed by atoms with E-state index in [0.29, 0.717) is 19.4 Å². The summed E-state index contributed by atoms with van der Waals surface area (Å²) in [6.45, 7) is 2.16. The Labute approximate surface area is 119 Å². The van der Waals surface area contributed by atoms with Crippen molar-refractivity contribution in [2.45, 2.75) is 32.2 Å². The van der Waals surface area contributed by atoms with Gasteiger partial charge in [-0.25, -0.2) is 4.79 Å². The number of carboxylic acids is 1. The minimum absolute atomic E-state index is 0.0821. The van der Waals surface area contributed by atoms with E-state index in [1.165, 1.54) is 6.07 Å². The maximum absolute atomic E-state index is 12.2. The van der Waals surface area contributed by atoms with Crippen LogP contribution < -0.4 is 11.2 Å². The van der Waals surface area contributed by atoms with Gasteiger partial charge in [0.15, 0.2) is 0 Å². The van der Waals surface area contributed by atoms with Crippen molar-refractivity contribution in [1.29, 1.82) is 0 Å². The normalized spacial score (nSPS) is 22.0. The third-order valence-electron chi connectivity index (χ3n) is 3.70. The number of carbonyl (C=O) groups is 2. The molecule has 0 bridgehead atoms. The number of aromatic amines is 2. The molecule has 0 saturated carbocycles. The average molecular weight is 295 g/mol. The van der Waals surface area contributed by atoms with E-state index in [2.05, 4.69) is 4.98 Å². The number of H-pyrrole nitrogens is 2. The molecule has 1 fully saturated rings. The molecule has 0 aliphatic carbocycles. The molecular weight excluding hydrogens is 278 g/mol. The maximum Gasteiger partial charge on any atom is 0.325 e. The number of rotatable bonds is 3. The third-order valence-corrected chi connectivity index (χ3v) is 3.70. The summed E-state index contributed by atoms with van der Waals surface area (Å²) in [5.74, 6) is -1.50. The van der Waals surface area contributed by atoms with Crippen LogP contribution in [0, 0.1) is 5.92 Å². The van der Waals surface area contributed by atoms with Crippen molar-refractivity contribution in [2.24, 2.45) is 5.92 Å². The fraction of sp³-hybridized carbons (Fsp3) is 0.538. The molecule has 8 heteroatoms. The highest BCUT2D eigenvalue weighted by atomic mass is 16.4. The van der Waals surface area contributed by atoms with Crippen LogP contribution in [0.4, 0.5) is 0 Å². The second kappa shape index (κ2) is 5.94. The van der Waals surface area contributed by atoms with Gasteiger partial charge in [0.2, 0.25) is 5.91 Å². The minimum atomic E-state index is -0.840. The molecule has 2 rings (SSSR count). The van der Waals surface area contributed by atoms with E-state index in [9.17, 15) is 19.2 Å². The fourth-order valence-electron chi connectivity index (χ4n) is 2.65. The van der Waals surface area contributed by atoms with Crippen molar-refractivity contribution in [3.63, 3.8) is 0 Å². The Morgan fingerprint density at radius 2 is 2.10 bits per heavy atom. The molecular formula is C13H17N3O5. The number of piperidine rings is 1. The molecule has 3 N–H and O–H groups in total. The van der Waals surface area contributed by atoms with Crippen molar-refractivity contribution < 1.29 is 14.7 Å². The predicted molar refractivity (Wildman–Crippen MR) is 72.9 cm³/mol. The van der Waals surface area contributed by atoms with Crippen LogP contribution in [0.15, 0.2) is 15.7 Å². The number of amides is 1. The van der Waals surface area contributed by atoms with E-state index in [4.69, 9.17) is 5.11 Å². The molecule has 1 amide bonds. The van der Waals surface area contributed by atoms with Crippen LogP contribution in [0.25, 0.3) is 0 Å². The second-order valence-electron chi connectivity index (χ2n) is 5.29. The van der Waals surface area contributed by atoms with Gasteiger partial charge in [-0.05, 0) is 19.8 Å². The van der Waals surface area contributed by atoms with Crippen LogP contribution in [0.2, 0.25) is 0 Å². The molecule has 1 aliphatic rings. The first-order chi connectivity index (χ1) is 9.86. The van der Waals surface area contributed by atoms with E-state index in [0.717, 1.165) is 0 Å². The summed E-state index contributed by atoms with van der Waals surface area (Å²) in [5, 5.41) is 9.00. The first-order valence-electron chi connectivity index (χ1n) is 6.71. The third kappa shape index (κ3) is 3.59. The predicted octanol–water partition coefficient (Wildman–Crippen LogP) is -0.683. The lowest BCUT2D eigenvalue weighted by atomic mass is 9.91. The van der Waals surface area contributed by atoms with E-state index in [1.807, 2.05) is 4.98 Å². The van der Waals surface area contributed by atoms with Gasteiger partial charge in [-0.1, -0.05) is 0 Å². The summed E-state index contributed by atoms with van der Waals surface area (Å²) in [5.41, 5.74) is -0.955. The van der Waals surface area contributed by atoms with Crippen LogP contribution in [-0.4, -0.2) is 44.4 Å². The van der Waals surface area contributed by atoms with Gasteiger partial charge < -0.3 is 15.0 Å². The van der Waals surface area contributed by atoms with Gasteiger partial charge in [0, 0.05) is 24.3 Å². The van der Waals surface area contributed by atoms with E-state index < -0.39 is 23.1 Å². The van der Waals surface area contributed by atoms with Crippen molar-refractivity contribution >= 4 is 11.9 Å². The molecule has 0 spiro atoms. The molecule has 2 unspecified atom stereocenters. The molecule has 0 aromatic carbocycles. The first kappa shape index (κ1) is 15.0. The van der Waals surface area contributed by atoms with Crippen molar-refractivity contribution in [3.05, 3.63) is 32.6 Å². The molecule has 0 radical (unpaired) electrons. The topological polar surface area (TPSA) is 123 Å². The summed E-state index contributed by atoms with van der Waals surface area (Å²) in [7, 11) is 0. The molecule has 1 aromatic rings. The Kier molecular flexibility index (Phi) is 4.25. The average Bonchev–Trinajstić information content (AvgIpc) is 2.36. The Bertz CT molecular complexity index is 634. The van der Waals surface area contributed by atoms with Crippen molar-refractivity contribution in [1.82, 2.24) is 14.9 Å². The largest absolute Gasteiger partial charge is 0.481 e. The fourth-order valence-corrected chi connectivity index (χ4v) is 2.65. The summed E-state index contributed by atoms with van der Waals surface area (Å²) in [6, 6.07) is 0.995. The SMILES string of the molecule is CC1CC(C(=O)O)CCN1C(=O)Cc1cc(=O)[nH]c(=O)[nH]1. The molecule has 2 atom stereocenters. The van der Waals surface area contributed by atoms with Crippen LogP contribution in [-0.2, 0) is 16.0 Å². The lowest BCUT2D eigenvalue weighted by Gasteiger charge is -2.36.